The number of hydrogen-bond acceptors (Lipinski definition) is 4. The van der Waals surface area contributed by atoms with E-state index < -0.39 is 5.91 Å². The molecule has 4 aromatic rings. The second kappa shape index (κ2) is 9.95. The molecule has 4 N–H and O–H groups in total. The molecule has 0 atom stereocenters. The quantitative estimate of drug-likeness (QED) is 0.369. The fraction of sp³-hybridized carbons (Fsp3) is 0.300. The number of hydrogen-bond donors (Lipinski definition) is 3. The number of nitrogens with zero attached hydrogens (tertiary/aromatic N) is 2. The zero-order valence-corrected chi connectivity index (χ0v) is 22.2. The molecule has 1 aliphatic rings. The van der Waals surface area contributed by atoms with E-state index in [1.807, 2.05) is 68.1 Å². The minimum atomic E-state index is -0.531. The first-order valence-electron chi connectivity index (χ1n) is 12.9. The molecule has 1 aliphatic heterocycles. The van der Waals surface area contributed by atoms with Gasteiger partial charge in [0, 0.05) is 59.6 Å². The molecule has 1 fully saturated rings. The minimum absolute atomic E-state index is 0.00144. The molecule has 0 aliphatic carbocycles. The number of nitrogens with two attached hydrogens (primary N) is 1. The Morgan fingerprint density at radius 1 is 0.974 bits per heavy atom. The van der Waals surface area contributed by atoms with E-state index in [-0.39, 0.29) is 17.7 Å². The van der Waals surface area contributed by atoms with Crippen molar-refractivity contribution in [3.8, 4) is 11.1 Å². The molecule has 3 amide bonds. The number of anilines is 1. The minimum Gasteiger partial charge on any atom is -0.366 e. The number of aromatic nitrogens is 1. The summed E-state index contributed by atoms with van der Waals surface area (Å²) in [6.45, 7) is 8.77. The molecule has 8 nitrogen and oxygen atoms in total. The Labute approximate surface area is 221 Å². The van der Waals surface area contributed by atoms with Crippen LogP contribution in [0.3, 0.4) is 0 Å². The Morgan fingerprint density at radius 3 is 2.39 bits per heavy atom. The normalized spacial score (nSPS) is 14.4. The van der Waals surface area contributed by atoms with Gasteiger partial charge in [0.25, 0.3) is 11.8 Å². The average Bonchev–Trinajstić information content (AvgIpc) is 3.28. The Hall–Kier alpha value is -4.17. The van der Waals surface area contributed by atoms with Gasteiger partial charge in [-0.1, -0.05) is 38.1 Å². The molecule has 1 aromatic heterocycles. The van der Waals surface area contributed by atoms with E-state index >= 15 is 0 Å². The first-order chi connectivity index (χ1) is 18.2. The Bertz CT molecular complexity index is 1580. The summed E-state index contributed by atoms with van der Waals surface area (Å²) in [6, 6.07) is 15.1. The largest absolute Gasteiger partial charge is 0.366 e. The summed E-state index contributed by atoms with van der Waals surface area (Å²) < 4.78 is 0. The average molecular weight is 512 g/mol. The predicted octanol–water partition coefficient (Wildman–Crippen LogP) is 4.38. The van der Waals surface area contributed by atoms with Crippen molar-refractivity contribution in [3.63, 3.8) is 0 Å². The molecule has 2 heterocycles. The maximum Gasteiger partial charge on any atom is 0.254 e. The van der Waals surface area contributed by atoms with Crippen LogP contribution in [-0.4, -0.2) is 65.7 Å². The number of amides is 3. The van der Waals surface area contributed by atoms with Crippen LogP contribution in [0.1, 0.15) is 40.1 Å². The Balaban J connectivity index is 1.64. The van der Waals surface area contributed by atoms with Gasteiger partial charge in [-0.05, 0) is 54.9 Å². The zero-order valence-electron chi connectivity index (χ0n) is 22.2. The van der Waals surface area contributed by atoms with E-state index in [2.05, 4.69) is 22.2 Å². The van der Waals surface area contributed by atoms with Crippen molar-refractivity contribution >= 4 is 45.2 Å². The lowest BCUT2D eigenvalue weighted by Gasteiger charge is -2.32. The van der Waals surface area contributed by atoms with Gasteiger partial charge >= 0.3 is 0 Å². The highest BCUT2D eigenvalue weighted by molar-refractivity contribution is 6.20. The van der Waals surface area contributed by atoms with Crippen molar-refractivity contribution in [1.29, 1.82) is 0 Å². The third kappa shape index (κ3) is 4.52. The first-order valence-corrected chi connectivity index (χ1v) is 12.9. The zero-order chi connectivity index (χ0) is 27.1. The molecule has 0 saturated carbocycles. The maximum absolute atomic E-state index is 13.2. The maximum atomic E-state index is 13.2. The first kappa shape index (κ1) is 25.5. The number of primary amides is 1. The molecule has 0 unspecified atom stereocenters. The Morgan fingerprint density at radius 2 is 1.71 bits per heavy atom. The smallest absolute Gasteiger partial charge is 0.254 e. The molecular weight excluding hydrogens is 478 g/mol. The second-order valence-electron chi connectivity index (χ2n) is 10.4. The van der Waals surface area contributed by atoms with E-state index in [0.717, 1.165) is 51.8 Å². The topological polar surface area (TPSA) is 112 Å². The monoisotopic (exact) mass is 511 g/mol. The van der Waals surface area contributed by atoms with Crippen LogP contribution in [0.25, 0.3) is 32.9 Å². The summed E-state index contributed by atoms with van der Waals surface area (Å²) in [5, 5.41) is 4.76. The third-order valence-corrected chi connectivity index (χ3v) is 7.46. The SMILES string of the molecule is Cc1c(NC(=O)C(C)C)cccc1-c1ccc(C(N)=O)c2[nH]c3cc(C(=O)N4CCN(C)CC4)ccc3c12. The molecule has 0 radical (unpaired) electrons. The molecule has 0 spiro atoms. The number of carbonyl (C=O) groups excluding carboxylic acids is 3. The lowest BCUT2D eigenvalue weighted by molar-refractivity contribution is -0.118. The van der Waals surface area contributed by atoms with Gasteiger partial charge < -0.3 is 25.8 Å². The van der Waals surface area contributed by atoms with Crippen LogP contribution in [0.5, 0.6) is 0 Å². The number of rotatable bonds is 5. The summed E-state index contributed by atoms with van der Waals surface area (Å²) in [7, 11) is 2.06. The second-order valence-corrected chi connectivity index (χ2v) is 10.4. The van der Waals surface area contributed by atoms with Crippen molar-refractivity contribution in [3.05, 3.63) is 65.2 Å². The fourth-order valence-corrected chi connectivity index (χ4v) is 5.11. The molecule has 1 saturated heterocycles. The molecule has 0 bridgehead atoms. The lowest BCUT2D eigenvalue weighted by atomic mass is 9.93. The number of benzene rings is 3. The molecule has 8 heteroatoms. The molecule has 3 aromatic carbocycles. The van der Waals surface area contributed by atoms with E-state index in [1.54, 1.807) is 6.07 Å². The number of fused-ring (bicyclic) bond motifs is 3. The van der Waals surface area contributed by atoms with Gasteiger partial charge in [-0.2, -0.15) is 0 Å². The molecule has 196 valence electrons. The van der Waals surface area contributed by atoms with Gasteiger partial charge in [-0.3, -0.25) is 14.4 Å². The van der Waals surface area contributed by atoms with Gasteiger partial charge in [-0.15, -0.1) is 0 Å². The van der Waals surface area contributed by atoms with E-state index in [9.17, 15) is 14.4 Å². The highest BCUT2D eigenvalue weighted by Gasteiger charge is 2.23. The number of piperazine rings is 1. The van der Waals surface area contributed by atoms with Crippen LogP contribution in [-0.2, 0) is 4.79 Å². The summed E-state index contributed by atoms with van der Waals surface area (Å²) >= 11 is 0. The number of H-pyrrole nitrogens is 1. The standard InChI is InChI=1S/C30H33N5O3/c1-17(2)29(37)33-24-7-5-6-20(18(24)3)21-10-11-23(28(31)36)27-26(21)22-9-8-19(16-25(22)32-27)30(38)35-14-12-34(4)13-15-35/h5-11,16-17,32H,12-15H2,1-4H3,(H2,31,36)(H,33,37). The van der Waals surface area contributed by atoms with E-state index in [4.69, 9.17) is 5.73 Å². The van der Waals surface area contributed by atoms with Crippen molar-refractivity contribution in [2.75, 3.05) is 38.5 Å². The lowest BCUT2D eigenvalue weighted by Crippen LogP contribution is -2.47. The summed E-state index contributed by atoms with van der Waals surface area (Å²) in [6.07, 6.45) is 0. The third-order valence-electron chi connectivity index (χ3n) is 7.46. The van der Waals surface area contributed by atoms with Crippen LogP contribution in [0.15, 0.2) is 48.5 Å². The van der Waals surface area contributed by atoms with Gasteiger partial charge in [0.2, 0.25) is 5.91 Å². The van der Waals surface area contributed by atoms with E-state index in [1.165, 1.54) is 0 Å². The number of aromatic amines is 1. The summed E-state index contributed by atoms with van der Waals surface area (Å²) in [4.78, 5) is 45.4. The highest BCUT2D eigenvalue weighted by atomic mass is 16.2. The number of carbonyl (C=O) groups is 3. The molecule has 5 rings (SSSR count). The Kier molecular flexibility index (Phi) is 6.67. The van der Waals surface area contributed by atoms with Gasteiger partial charge in [0.1, 0.15) is 0 Å². The van der Waals surface area contributed by atoms with Crippen LogP contribution in [0.2, 0.25) is 0 Å². The van der Waals surface area contributed by atoms with Gasteiger partial charge in [-0.25, -0.2) is 0 Å². The molecular formula is C30H33N5O3. The van der Waals surface area contributed by atoms with Crippen molar-refractivity contribution in [1.82, 2.24) is 14.8 Å². The molecule has 38 heavy (non-hydrogen) atoms. The van der Waals surface area contributed by atoms with Crippen LogP contribution in [0.4, 0.5) is 5.69 Å². The van der Waals surface area contributed by atoms with Crippen molar-refractivity contribution in [2.45, 2.75) is 20.8 Å². The van der Waals surface area contributed by atoms with Crippen LogP contribution in [0, 0.1) is 12.8 Å². The van der Waals surface area contributed by atoms with Crippen molar-refractivity contribution in [2.24, 2.45) is 11.7 Å². The van der Waals surface area contributed by atoms with Crippen LogP contribution >= 0.6 is 0 Å². The predicted molar refractivity (Wildman–Crippen MR) is 151 cm³/mol. The summed E-state index contributed by atoms with van der Waals surface area (Å²) in [5.41, 5.74) is 11.6. The van der Waals surface area contributed by atoms with Gasteiger partial charge in [0.15, 0.2) is 0 Å². The number of likely N-dealkylation sites (N-methyl/N-ethyl adjacent to an activating group) is 1. The fourth-order valence-electron chi connectivity index (χ4n) is 5.11. The highest BCUT2D eigenvalue weighted by Crippen LogP contribution is 2.39. The van der Waals surface area contributed by atoms with Crippen LogP contribution < -0.4 is 11.1 Å². The van der Waals surface area contributed by atoms with Gasteiger partial charge in [0.05, 0.1) is 11.1 Å². The van der Waals surface area contributed by atoms with E-state index in [0.29, 0.717) is 29.7 Å². The summed E-state index contributed by atoms with van der Waals surface area (Å²) in [5.74, 6) is -0.727. The van der Waals surface area contributed by atoms with Crippen molar-refractivity contribution < 1.29 is 14.4 Å². The number of nitrogens with one attached hydrogen (secondary N) is 2.